The molecule has 0 aromatic rings. The Morgan fingerprint density at radius 1 is 1.10 bits per heavy atom. The van der Waals surface area contributed by atoms with Crippen molar-refractivity contribution in [2.45, 2.75) is 71.0 Å². The Kier molecular flexibility index (Phi) is 5.39. The van der Waals surface area contributed by atoms with Crippen molar-refractivity contribution in [1.82, 2.24) is 5.32 Å². The van der Waals surface area contributed by atoms with Gasteiger partial charge in [0.15, 0.2) is 8.32 Å². The van der Waals surface area contributed by atoms with Gasteiger partial charge in [0.2, 0.25) is 5.91 Å². The lowest BCUT2D eigenvalue weighted by molar-refractivity contribution is -0.146. The fourth-order valence-corrected chi connectivity index (χ4v) is 3.24. The van der Waals surface area contributed by atoms with E-state index < -0.39 is 14.4 Å². The summed E-state index contributed by atoms with van der Waals surface area (Å²) in [5, 5.41) is 2.91. The largest absolute Gasteiger partial charge is 0.456 e. The summed E-state index contributed by atoms with van der Waals surface area (Å²) in [5.74, 6) is -0.530. The standard InChI is InChI=1S/C15H27NO4Si/c1-10(17)16-14-12(19-11(2)18)8-9-13(14)20-21(6,7)15(3,4)5/h8-9,12-14H,1-7H3,(H,16,17)/t12-,13-,14+/m0/s1. The second-order valence-corrected chi connectivity index (χ2v) is 11.8. The Labute approximate surface area is 128 Å². The first kappa shape index (κ1) is 17.9. The Morgan fingerprint density at radius 3 is 2.05 bits per heavy atom. The van der Waals surface area contributed by atoms with E-state index in [4.69, 9.17) is 9.16 Å². The molecule has 1 rings (SSSR count). The van der Waals surface area contributed by atoms with Crippen LogP contribution in [0.3, 0.4) is 0 Å². The molecule has 6 heteroatoms. The molecule has 1 aliphatic rings. The van der Waals surface area contributed by atoms with Gasteiger partial charge in [-0.15, -0.1) is 0 Å². The van der Waals surface area contributed by atoms with Crippen LogP contribution >= 0.6 is 0 Å². The maximum atomic E-state index is 11.4. The van der Waals surface area contributed by atoms with Crippen molar-refractivity contribution in [2.75, 3.05) is 0 Å². The Balaban J connectivity index is 2.88. The topological polar surface area (TPSA) is 64.6 Å². The second-order valence-electron chi connectivity index (χ2n) is 7.03. The molecule has 5 nitrogen and oxygen atoms in total. The number of ether oxygens (including phenoxy) is 1. The van der Waals surface area contributed by atoms with Crippen molar-refractivity contribution in [3.05, 3.63) is 12.2 Å². The van der Waals surface area contributed by atoms with Crippen LogP contribution in [-0.4, -0.2) is 38.4 Å². The van der Waals surface area contributed by atoms with Crippen molar-refractivity contribution < 1.29 is 18.8 Å². The first-order chi connectivity index (χ1) is 9.44. The first-order valence-corrected chi connectivity index (χ1v) is 10.2. The predicted molar refractivity (Wildman–Crippen MR) is 84.4 cm³/mol. The van der Waals surface area contributed by atoms with Gasteiger partial charge in [-0.3, -0.25) is 9.59 Å². The molecule has 0 fully saturated rings. The molecular formula is C15H27NO4Si. The summed E-state index contributed by atoms with van der Waals surface area (Å²) >= 11 is 0. The van der Waals surface area contributed by atoms with Crippen LogP contribution in [0, 0.1) is 0 Å². The van der Waals surface area contributed by atoms with Crippen molar-refractivity contribution in [3.8, 4) is 0 Å². The molecule has 1 aliphatic carbocycles. The lowest BCUT2D eigenvalue weighted by Gasteiger charge is -2.40. The summed E-state index contributed by atoms with van der Waals surface area (Å²) in [5.41, 5.74) is 0. The van der Waals surface area contributed by atoms with Crippen LogP contribution < -0.4 is 5.32 Å². The first-order valence-electron chi connectivity index (χ1n) is 7.24. The third kappa shape index (κ3) is 4.67. The van der Waals surface area contributed by atoms with Gasteiger partial charge in [0.1, 0.15) is 6.10 Å². The number of esters is 1. The molecule has 21 heavy (non-hydrogen) atoms. The third-order valence-corrected chi connectivity index (χ3v) is 8.58. The molecule has 0 saturated carbocycles. The number of rotatable bonds is 4. The van der Waals surface area contributed by atoms with Crippen molar-refractivity contribution in [3.63, 3.8) is 0 Å². The molecule has 0 unspecified atom stereocenters. The third-order valence-electron chi connectivity index (χ3n) is 4.11. The van der Waals surface area contributed by atoms with Gasteiger partial charge >= 0.3 is 5.97 Å². The Morgan fingerprint density at radius 2 is 1.62 bits per heavy atom. The smallest absolute Gasteiger partial charge is 0.303 e. The summed E-state index contributed by atoms with van der Waals surface area (Å²) in [6.07, 6.45) is 2.94. The molecule has 120 valence electrons. The molecule has 0 saturated heterocycles. The van der Waals surface area contributed by atoms with Crippen LogP contribution in [0.5, 0.6) is 0 Å². The van der Waals surface area contributed by atoms with Gasteiger partial charge in [-0.2, -0.15) is 0 Å². The highest BCUT2D eigenvalue weighted by atomic mass is 28.4. The maximum absolute atomic E-state index is 11.4. The zero-order valence-electron chi connectivity index (χ0n) is 14.0. The van der Waals surface area contributed by atoms with Crippen LogP contribution in [0.4, 0.5) is 0 Å². The van der Waals surface area contributed by atoms with E-state index in [1.165, 1.54) is 13.8 Å². The molecule has 1 amide bonds. The lowest BCUT2D eigenvalue weighted by Crippen LogP contribution is -2.53. The summed E-state index contributed by atoms with van der Waals surface area (Å²) in [6.45, 7) is 13.6. The molecule has 3 atom stereocenters. The normalized spacial score (nSPS) is 25.8. The molecule has 0 spiro atoms. The number of nitrogens with one attached hydrogen (secondary N) is 1. The van der Waals surface area contributed by atoms with E-state index in [0.717, 1.165) is 0 Å². The molecule has 0 aromatic carbocycles. The lowest BCUT2D eigenvalue weighted by atomic mass is 10.1. The maximum Gasteiger partial charge on any atom is 0.303 e. The number of carbonyl (C=O) groups excluding carboxylic acids is 2. The fourth-order valence-electron chi connectivity index (χ4n) is 1.98. The summed E-state index contributed by atoms with van der Waals surface area (Å²) in [4.78, 5) is 22.6. The highest BCUT2D eigenvalue weighted by Gasteiger charge is 2.43. The molecule has 1 N–H and O–H groups in total. The number of amides is 1. The fraction of sp³-hybridized carbons (Fsp3) is 0.733. The number of carbonyl (C=O) groups is 2. The molecule has 0 aromatic heterocycles. The SMILES string of the molecule is CC(=O)N[C@@H]1[C@@H](OC(C)=O)C=C[C@@H]1O[Si](C)(C)C(C)(C)C. The van der Waals surface area contributed by atoms with Gasteiger partial charge in [-0.25, -0.2) is 0 Å². The van der Waals surface area contributed by atoms with Crippen molar-refractivity contribution >= 4 is 20.2 Å². The molecular weight excluding hydrogens is 286 g/mol. The van der Waals surface area contributed by atoms with Crippen LogP contribution in [0.1, 0.15) is 34.6 Å². The van der Waals surface area contributed by atoms with Crippen molar-refractivity contribution in [2.24, 2.45) is 0 Å². The van der Waals surface area contributed by atoms with E-state index in [2.05, 4.69) is 39.2 Å². The number of hydrogen-bond acceptors (Lipinski definition) is 4. The van der Waals surface area contributed by atoms with Gasteiger partial charge in [0.25, 0.3) is 0 Å². The van der Waals surface area contributed by atoms with E-state index in [0.29, 0.717) is 0 Å². The van der Waals surface area contributed by atoms with Crippen LogP contribution in [0.25, 0.3) is 0 Å². The van der Waals surface area contributed by atoms with E-state index in [1.807, 2.05) is 6.08 Å². The van der Waals surface area contributed by atoms with E-state index in [-0.39, 0.29) is 29.1 Å². The zero-order chi connectivity index (χ0) is 16.4. The summed E-state index contributed by atoms with van der Waals surface area (Å²) < 4.78 is 11.6. The summed E-state index contributed by atoms with van der Waals surface area (Å²) in [7, 11) is -1.98. The molecule has 0 bridgehead atoms. The minimum atomic E-state index is -1.98. The van der Waals surface area contributed by atoms with Gasteiger partial charge in [-0.05, 0) is 24.2 Å². The van der Waals surface area contributed by atoms with E-state index in [9.17, 15) is 9.59 Å². The molecule has 0 heterocycles. The quantitative estimate of drug-likeness (QED) is 0.492. The zero-order valence-corrected chi connectivity index (χ0v) is 15.0. The average Bonchev–Trinajstić information content (AvgIpc) is 2.58. The van der Waals surface area contributed by atoms with Crippen LogP contribution in [-0.2, 0) is 18.8 Å². The minimum absolute atomic E-state index is 0.0706. The predicted octanol–water partition coefficient (Wildman–Crippen LogP) is 2.38. The van der Waals surface area contributed by atoms with Gasteiger partial charge in [-0.1, -0.05) is 26.8 Å². The summed E-state index contributed by atoms with van der Waals surface area (Å²) in [6, 6.07) is -0.361. The highest BCUT2D eigenvalue weighted by molar-refractivity contribution is 6.74. The van der Waals surface area contributed by atoms with Crippen LogP contribution in [0.2, 0.25) is 18.1 Å². The Bertz CT molecular complexity index is 439. The minimum Gasteiger partial charge on any atom is -0.456 e. The Hall–Kier alpha value is -1.14. The van der Waals surface area contributed by atoms with Gasteiger partial charge in [0.05, 0.1) is 12.1 Å². The monoisotopic (exact) mass is 313 g/mol. The van der Waals surface area contributed by atoms with E-state index in [1.54, 1.807) is 6.08 Å². The highest BCUT2D eigenvalue weighted by Crippen LogP contribution is 2.38. The van der Waals surface area contributed by atoms with E-state index >= 15 is 0 Å². The number of hydrogen-bond donors (Lipinski definition) is 1. The molecule has 0 radical (unpaired) electrons. The average molecular weight is 313 g/mol. The van der Waals surface area contributed by atoms with Crippen molar-refractivity contribution in [1.29, 1.82) is 0 Å². The molecule has 0 aliphatic heterocycles. The van der Waals surface area contributed by atoms with Gasteiger partial charge < -0.3 is 14.5 Å². The van der Waals surface area contributed by atoms with Crippen LogP contribution in [0.15, 0.2) is 12.2 Å². The second kappa shape index (κ2) is 6.32. The van der Waals surface area contributed by atoms with Gasteiger partial charge in [0, 0.05) is 13.8 Å².